The second-order valence-electron chi connectivity index (χ2n) is 11.2. The number of ketones is 1. The number of halogens is 1. The number of anilines is 1. The number of esters is 1. The number of nitrogens with one attached hydrogen (secondary N) is 1. The quantitative estimate of drug-likeness (QED) is 0.253. The standard InChI is InChI=1S/C32H32FN3O7/c1-32(2,3)43-30(41)24-17-22(28(38)18-10-5-4-6-11-18)27(20-13-7-8-15-23(20)33)36(24)25(37)16-19-12-9-14-21(29(39)40)26(19)35-31(34)42/h4-15,22,24,27H,16-17H2,1-3H3,(H,39,40)(H3,34,35,42). The monoisotopic (exact) mass is 589 g/mol. The largest absolute Gasteiger partial charge is 0.478 e. The van der Waals surface area contributed by atoms with E-state index in [9.17, 15) is 29.1 Å². The van der Waals surface area contributed by atoms with E-state index in [1.807, 2.05) is 0 Å². The van der Waals surface area contributed by atoms with Crippen molar-refractivity contribution in [3.8, 4) is 0 Å². The summed E-state index contributed by atoms with van der Waals surface area (Å²) in [6.45, 7) is 4.98. The summed E-state index contributed by atoms with van der Waals surface area (Å²) >= 11 is 0. The number of hydrogen-bond acceptors (Lipinski definition) is 6. The average molecular weight is 590 g/mol. The molecule has 1 heterocycles. The number of benzene rings is 3. The zero-order chi connectivity index (χ0) is 31.5. The molecule has 1 aliphatic heterocycles. The lowest BCUT2D eigenvalue weighted by atomic mass is 9.86. The number of aromatic carboxylic acids is 1. The molecule has 11 heteroatoms. The minimum absolute atomic E-state index is 0.0333. The number of carbonyl (C=O) groups is 5. The van der Waals surface area contributed by atoms with Crippen LogP contribution in [0.25, 0.3) is 0 Å². The molecule has 0 aliphatic carbocycles. The van der Waals surface area contributed by atoms with Gasteiger partial charge in [0.2, 0.25) is 5.91 Å². The normalized spacial score (nSPS) is 18.1. The van der Waals surface area contributed by atoms with Gasteiger partial charge in [-0.15, -0.1) is 0 Å². The molecule has 0 aromatic heterocycles. The molecule has 1 fully saturated rings. The molecule has 224 valence electrons. The van der Waals surface area contributed by atoms with Gasteiger partial charge < -0.3 is 25.8 Å². The molecule has 1 saturated heterocycles. The second kappa shape index (κ2) is 12.4. The van der Waals surface area contributed by atoms with Crippen molar-refractivity contribution in [3.05, 3.63) is 101 Å². The van der Waals surface area contributed by atoms with Gasteiger partial charge in [-0.1, -0.05) is 60.7 Å². The van der Waals surface area contributed by atoms with E-state index in [0.717, 1.165) is 4.90 Å². The van der Waals surface area contributed by atoms with Crippen molar-refractivity contribution in [2.24, 2.45) is 11.7 Å². The van der Waals surface area contributed by atoms with Crippen molar-refractivity contribution >= 4 is 35.3 Å². The number of Topliss-reactive ketones (excluding diaryl/α,β-unsaturated/α-hetero) is 1. The number of para-hydroxylation sites is 1. The van der Waals surface area contributed by atoms with Gasteiger partial charge in [-0.2, -0.15) is 0 Å². The Morgan fingerprint density at radius 2 is 1.63 bits per heavy atom. The molecule has 4 rings (SSSR count). The van der Waals surface area contributed by atoms with E-state index in [1.54, 1.807) is 57.2 Å². The lowest BCUT2D eigenvalue weighted by Gasteiger charge is -2.33. The van der Waals surface area contributed by atoms with Crippen LogP contribution in [0.15, 0.2) is 72.8 Å². The molecule has 4 N–H and O–H groups in total. The number of amides is 3. The lowest BCUT2D eigenvalue weighted by Crippen LogP contribution is -2.45. The van der Waals surface area contributed by atoms with Gasteiger partial charge in [0.15, 0.2) is 5.78 Å². The third-order valence-corrected chi connectivity index (χ3v) is 7.05. The van der Waals surface area contributed by atoms with Crippen molar-refractivity contribution < 1.29 is 38.2 Å². The summed E-state index contributed by atoms with van der Waals surface area (Å²) in [5, 5.41) is 11.9. The molecular formula is C32H32FN3O7. The molecule has 3 amide bonds. The number of ether oxygens (including phenoxy) is 1. The van der Waals surface area contributed by atoms with Crippen LogP contribution >= 0.6 is 0 Å². The molecular weight excluding hydrogens is 557 g/mol. The predicted octanol–water partition coefficient (Wildman–Crippen LogP) is 4.74. The molecule has 0 spiro atoms. The summed E-state index contributed by atoms with van der Waals surface area (Å²) in [5.74, 6) is -4.95. The SMILES string of the molecule is CC(C)(C)OC(=O)C1CC(C(=O)c2ccccc2)C(c2ccccc2F)N1C(=O)Cc1cccc(C(=O)O)c1NC(N)=O. The maximum absolute atomic E-state index is 15.4. The van der Waals surface area contributed by atoms with Crippen LogP contribution in [0, 0.1) is 11.7 Å². The molecule has 3 aromatic carbocycles. The number of likely N-dealkylation sites (tertiary alicyclic amines) is 1. The van der Waals surface area contributed by atoms with Crippen LogP contribution in [-0.2, 0) is 20.7 Å². The zero-order valence-electron chi connectivity index (χ0n) is 23.9. The number of carbonyl (C=O) groups excluding carboxylic acids is 4. The number of nitrogens with zero attached hydrogens (tertiary/aromatic N) is 1. The molecule has 1 aliphatic rings. The van der Waals surface area contributed by atoms with Gasteiger partial charge in [0, 0.05) is 17.0 Å². The van der Waals surface area contributed by atoms with E-state index in [4.69, 9.17) is 10.5 Å². The topological polar surface area (TPSA) is 156 Å². The van der Waals surface area contributed by atoms with Gasteiger partial charge in [-0.3, -0.25) is 9.59 Å². The molecule has 3 unspecified atom stereocenters. The summed E-state index contributed by atoms with van der Waals surface area (Å²) in [6.07, 6.45) is -0.651. The summed E-state index contributed by atoms with van der Waals surface area (Å²) in [6, 6.07) is 14.5. The van der Waals surface area contributed by atoms with Crippen molar-refractivity contribution in [1.82, 2.24) is 4.90 Å². The fourth-order valence-corrected chi connectivity index (χ4v) is 5.38. The predicted molar refractivity (Wildman–Crippen MR) is 155 cm³/mol. The molecule has 43 heavy (non-hydrogen) atoms. The first-order valence-electron chi connectivity index (χ1n) is 13.6. The molecule has 3 atom stereocenters. The molecule has 0 saturated carbocycles. The minimum atomic E-state index is -1.37. The Morgan fingerprint density at radius 3 is 2.23 bits per heavy atom. The number of primary amides is 1. The Morgan fingerprint density at radius 1 is 0.977 bits per heavy atom. The van der Waals surface area contributed by atoms with Crippen LogP contribution in [0.2, 0.25) is 0 Å². The summed E-state index contributed by atoms with van der Waals surface area (Å²) < 4.78 is 21.0. The highest BCUT2D eigenvalue weighted by Crippen LogP contribution is 2.45. The van der Waals surface area contributed by atoms with Crippen LogP contribution in [0.4, 0.5) is 14.9 Å². The van der Waals surface area contributed by atoms with Crippen molar-refractivity contribution in [2.75, 3.05) is 5.32 Å². The highest BCUT2D eigenvalue weighted by atomic mass is 19.1. The third-order valence-electron chi connectivity index (χ3n) is 7.05. The fraction of sp³-hybridized carbons (Fsp3) is 0.281. The fourth-order valence-electron chi connectivity index (χ4n) is 5.38. The highest BCUT2D eigenvalue weighted by Gasteiger charge is 2.52. The van der Waals surface area contributed by atoms with Crippen LogP contribution in [-0.4, -0.2) is 51.3 Å². The van der Waals surface area contributed by atoms with Crippen molar-refractivity contribution in [2.45, 2.75) is 51.3 Å². The van der Waals surface area contributed by atoms with Crippen molar-refractivity contribution in [3.63, 3.8) is 0 Å². The number of hydrogen-bond donors (Lipinski definition) is 3. The number of nitrogens with two attached hydrogens (primary N) is 1. The van der Waals surface area contributed by atoms with E-state index < -0.39 is 59.7 Å². The Kier molecular flexibility index (Phi) is 8.93. The van der Waals surface area contributed by atoms with E-state index >= 15 is 4.39 Å². The van der Waals surface area contributed by atoms with Gasteiger partial charge in [0.05, 0.1) is 23.7 Å². The van der Waals surface area contributed by atoms with Gasteiger partial charge in [0.25, 0.3) is 0 Å². The van der Waals surface area contributed by atoms with Crippen LogP contribution < -0.4 is 11.1 Å². The second-order valence-corrected chi connectivity index (χ2v) is 11.2. The highest BCUT2D eigenvalue weighted by molar-refractivity contribution is 6.02. The first-order valence-corrected chi connectivity index (χ1v) is 13.6. The Bertz CT molecular complexity index is 1570. The number of carboxylic acid groups (broad SMARTS) is 1. The molecule has 0 bridgehead atoms. The molecule has 0 radical (unpaired) electrons. The Labute approximate surface area is 247 Å². The van der Waals surface area contributed by atoms with Crippen LogP contribution in [0.5, 0.6) is 0 Å². The van der Waals surface area contributed by atoms with Gasteiger partial charge in [-0.05, 0) is 44.9 Å². The van der Waals surface area contributed by atoms with Crippen LogP contribution in [0.3, 0.4) is 0 Å². The minimum Gasteiger partial charge on any atom is -0.478 e. The summed E-state index contributed by atoms with van der Waals surface area (Å²) in [7, 11) is 0. The zero-order valence-corrected chi connectivity index (χ0v) is 23.9. The Hall–Kier alpha value is -5.06. The number of urea groups is 1. The van der Waals surface area contributed by atoms with Gasteiger partial charge >= 0.3 is 18.0 Å². The Balaban J connectivity index is 1.86. The van der Waals surface area contributed by atoms with Gasteiger partial charge in [-0.25, -0.2) is 18.8 Å². The van der Waals surface area contributed by atoms with E-state index in [1.165, 1.54) is 36.4 Å². The number of carboxylic acids is 1. The first-order chi connectivity index (χ1) is 20.3. The van der Waals surface area contributed by atoms with Gasteiger partial charge in [0.1, 0.15) is 17.5 Å². The maximum atomic E-state index is 15.4. The van der Waals surface area contributed by atoms with Crippen LogP contribution in [0.1, 0.15) is 65.1 Å². The third kappa shape index (κ3) is 6.88. The van der Waals surface area contributed by atoms with Crippen molar-refractivity contribution in [1.29, 1.82) is 0 Å². The van der Waals surface area contributed by atoms with E-state index in [2.05, 4.69) is 5.32 Å². The average Bonchev–Trinajstić information content (AvgIpc) is 3.34. The summed E-state index contributed by atoms with van der Waals surface area (Å²) in [4.78, 5) is 66.4. The van der Waals surface area contributed by atoms with E-state index in [-0.39, 0.29) is 34.6 Å². The number of rotatable bonds is 8. The smallest absolute Gasteiger partial charge is 0.337 e. The first kappa shape index (κ1) is 30.9. The summed E-state index contributed by atoms with van der Waals surface area (Å²) in [5.41, 5.74) is 4.30. The maximum Gasteiger partial charge on any atom is 0.337 e. The molecule has 10 nitrogen and oxygen atoms in total. The molecule has 3 aromatic rings. The lowest BCUT2D eigenvalue weighted by molar-refractivity contribution is -0.164. The van der Waals surface area contributed by atoms with E-state index in [0.29, 0.717) is 5.56 Å².